The fraction of sp³-hybridized carbons (Fsp3) is 0.312. The lowest BCUT2D eigenvalue weighted by atomic mass is 10.3. The number of hydrogen-bond acceptors (Lipinski definition) is 6. The highest BCUT2D eigenvalue weighted by Crippen LogP contribution is 2.25. The van der Waals surface area contributed by atoms with E-state index in [2.05, 4.69) is 25.9 Å². The number of aromatic nitrogens is 2. The van der Waals surface area contributed by atoms with Gasteiger partial charge >= 0.3 is 6.03 Å². The summed E-state index contributed by atoms with van der Waals surface area (Å²) in [6, 6.07) is 5.86. The van der Waals surface area contributed by atoms with Crippen LogP contribution < -0.4 is 16.0 Å². The van der Waals surface area contributed by atoms with Crippen LogP contribution in [0.1, 0.15) is 12.1 Å². The first-order chi connectivity index (χ1) is 12.6. The zero-order chi connectivity index (χ0) is 20.0. The first-order valence-corrected chi connectivity index (χ1v) is 10.7. The number of sulfone groups is 1. The van der Waals surface area contributed by atoms with Crippen LogP contribution in [-0.4, -0.2) is 43.0 Å². The highest BCUT2D eigenvalue weighted by Gasteiger charge is 2.09. The van der Waals surface area contributed by atoms with E-state index in [0.717, 1.165) is 0 Å². The normalized spacial score (nSPS) is 11.1. The summed E-state index contributed by atoms with van der Waals surface area (Å²) in [5, 5.41) is 8.86. The summed E-state index contributed by atoms with van der Waals surface area (Å²) in [5.74, 6) is 0.681. The topological polar surface area (TPSA) is 113 Å². The minimum Gasteiger partial charge on any atom is -0.370 e. The first kappa shape index (κ1) is 21.2. The number of hydrogen-bond donors (Lipinski definition) is 3. The molecule has 11 heteroatoms. The van der Waals surface area contributed by atoms with Crippen molar-refractivity contribution in [3.8, 4) is 0 Å². The minimum absolute atomic E-state index is 0.0846. The van der Waals surface area contributed by atoms with Gasteiger partial charge in [-0.2, -0.15) is 4.98 Å². The molecule has 0 saturated carbocycles. The Bertz CT molecular complexity index is 938. The maximum atomic E-state index is 12.1. The monoisotopic (exact) mass is 431 g/mol. The Labute approximate surface area is 167 Å². The van der Waals surface area contributed by atoms with Crippen LogP contribution in [0.5, 0.6) is 0 Å². The summed E-state index contributed by atoms with van der Waals surface area (Å²) < 4.78 is 22.3. The molecule has 0 aliphatic carbocycles. The maximum Gasteiger partial charge on any atom is 0.326 e. The summed E-state index contributed by atoms with van der Waals surface area (Å²) >= 11 is 11.8. The van der Waals surface area contributed by atoms with E-state index >= 15 is 0 Å². The summed E-state index contributed by atoms with van der Waals surface area (Å²) in [5.41, 5.74) is 1.11. The van der Waals surface area contributed by atoms with Crippen molar-refractivity contribution in [2.45, 2.75) is 13.3 Å². The predicted octanol–water partition coefficient (Wildman–Crippen LogP) is 3.58. The van der Waals surface area contributed by atoms with Gasteiger partial charge in [-0.1, -0.05) is 23.2 Å². The van der Waals surface area contributed by atoms with Gasteiger partial charge in [-0.15, -0.1) is 0 Å². The van der Waals surface area contributed by atoms with Crippen LogP contribution in [0.2, 0.25) is 10.0 Å². The molecule has 0 aliphatic heterocycles. The second kappa shape index (κ2) is 9.20. The highest BCUT2D eigenvalue weighted by molar-refractivity contribution is 7.90. The summed E-state index contributed by atoms with van der Waals surface area (Å²) in [6.07, 6.45) is 1.64. The molecule has 3 N–H and O–H groups in total. The van der Waals surface area contributed by atoms with Crippen molar-refractivity contribution in [1.29, 1.82) is 0 Å². The van der Waals surface area contributed by atoms with E-state index in [9.17, 15) is 13.2 Å². The molecule has 0 fully saturated rings. The largest absolute Gasteiger partial charge is 0.370 e. The molecule has 146 valence electrons. The number of urea groups is 1. The molecule has 0 spiro atoms. The lowest BCUT2D eigenvalue weighted by molar-refractivity contribution is 0.262. The second-order valence-corrected chi connectivity index (χ2v) is 8.91. The predicted molar refractivity (Wildman–Crippen MR) is 109 cm³/mol. The van der Waals surface area contributed by atoms with Gasteiger partial charge in [0, 0.05) is 30.2 Å². The lowest BCUT2D eigenvalue weighted by Crippen LogP contribution is -2.21. The number of carbonyl (C=O) groups is 1. The quantitative estimate of drug-likeness (QED) is 0.577. The number of nitrogens with one attached hydrogen (secondary N) is 3. The van der Waals surface area contributed by atoms with Gasteiger partial charge in [0.15, 0.2) is 0 Å². The smallest absolute Gasteiger partial charge is 0.326 e. The number of nitrogens with zero attached hydrogens (tertiary/aromatic N) is 2. The standard InChI is InChI=1S/C16H19Cl2N5O3S/c1-10-8-14(19-6-3-7-27(2,25)26)22-15(20-10)23-16(24)21-11-4-5-12(17)13(18)9-11/h4-5,8-9H,3,6-7H2,1-2H3,(H3,19,20,21,22,23,24). The Morgan fingerprint density at radius 1 is 1.11 bits per heavy atom. The van der Waals surface area contributed by atoms with Crippen LogP contribution in [0.3, 0.4) is 0 Å². The average Bonchev–Trinajstić information content (AvgIpc) is 2.53. The second-order valence-electron chi connectivity index (χ2n) is 5.84. The van der Waals surface area contributed by atoms with Gasteiger partial charge in [0.1, 0.15) is 15.7 Å². The Morgan fingerprint density at radius 2 is 1.85 bits per heavy atom. The number of benzene rings is 1. The van der Waals surface area contributed by atoms with Crippen LogP contribution >= 0.6 is 23.2 Å². The Hall–Kier alpha value is -2.10. The van der Waals surface area contributed by atoms with Crippen molar-refractivity contribution in [3.05, 3.63) is 40.0 Å². The fourth-order valence-corrected chi connectivity index (χ4v) is 3.07. The van der Waals surface area contributed by atoms with Crippen molar-refractivity contribution < 1.29 is 13.2 Å². The van der Waals surface area contributed by atoms with Gasteiger partial charge in [0.25, 0.3) is 0 Å². The van der Waals surface area contributed by atoms with Crippen LogP contribution in [0.4, 0.5) is 22.2 Å². The van der Waals surface area contributed by atoms with E-state index in [-0.39, 0.29) is 11.7 Å². The molecule has 2 amide bonds. The molecular formula is C16H19Cl2N5O3S. The number of halogens is 2. The Balaban J connectivity index is 1.96. The number of aryl methyl sites for hydroxylation is 1. The molecule has 0 atom stereocenters. The number of anilines is 3. The Morgan fingerprint density at radius 3 is 2.52 bits per heavy atom. The van der Waals surface area contributed by atoms with Gasteiger partial charge < -0.3 is 10.6 Å². The molecule has 2 aromatic rings. The van der Waals surface area contributed by atoms with Crippen molar-refractivity contribution in [2.24, 2.45) is 0 Å². The summed E-state index contributed by atoms with van der Waals surface area (Å²) in [6.45, 7) is 2.18. The molecule has 0 radical (unpaired) electrons. The third-order valence-electron chi connectivity index (χ3n) is 3.26. The summed E-state index contributed by atoms with van der Waals surface area (Å²) in [4.78, 5) is 20.4. The van der Waals surface area contributed by atoms with Gasteiger partial charge in [-0.3, -0.25) is 5.32 Å². The fourth-order valence-electron chi connectivity index (χ4n) is 2.10. The van der Waals surface area contributed by atoms with E-state index in [4.69, 9.17) is 23.2 Å². The Kier molecular flexibility index (Phi) is 7.23. The van der Waals surface area contributed by atoms with Gasteiger partial charge in [0.2, 0.25) is 5.95 Å². The number of rotatable bonds is 7. The molecule has 0 aliphatic rings. The van der Waals surface area contributed by atoms with Gasteiger partial charge in [0.05, 0.1) is 15.8 Å². The van der Waals surface area contributed by atoms with Crippen LogP contribution in [0.15, 0.2) is 24.3 Å². The molecule has 0 unspecified atom stereocenters. The van der Waals surface area contributed by atoms with Crippen LogP contribution in [0, 0.1) is 6.92 Å². The summed E-state index contributed by atoms with van der Waals surface area (Å²) in [7, 11) is -3.00. The van der Waals surface area contributed by atoms with Crippen molar-refractivity contribution in [1.82, 2.24) is 9.97 Å². The van der Waals surface area contributed by atoms with Crippen molar-refractivity contribution in [3.63, 3.8) is 0 Å². The van der Waals surface area contributed by atoms with Crippen molar-refractivity contribution in [2.75, 3.05) is 34.5 Å². The molecular weight excluding hydrogens is 413 g/mol. The van der Waals surface area contributed by atoms with E-state index in [0.29, 0.717) is 40.2 Å². The zero-order valence-corrected chi connectivity index (χ0v) is 17.0. The van der Waals surface area contributed by atoms with Gasteiger partial charge in [-0.05, 0) is 31.5 Å². The van der Waals surface area contributed by atoms with Crippen LogP contribution in [0.25, 0.3) is 0 Å². The molecule has 8 nitrogen and oxygen atoms in total. The molecule has 1 aromatic heterocycles. The minimum atomic E-state index is -3.00. The van der Waals surface area contributed by atoms with E-state index in [1.54, 1.807) is 25.1 Å². The lowest BCUT2D eigenvalue weighted by Gasteiger charge is -2.10. The van der Waals surface area contributed by atoms with E-state index in [1.165, 1.54) is 12.3 Å². The number of amides is 2. The molecule has 1 heterocycles. The van der Waals surface area contributed by atoms with Gasteiger partial charge in [-0.25, -0.2) is 18.2 Å². The highest BCUT2D eigenvalue weighted by atomic mass is 35.5. The average molecular weight is 432 g/mol. The number of carbonyl (C=O) groups excluding carboxylic acids is 1. The third-order valence-corrected chi connectivity index (χ3v) is 5.02. The van der Waals surface area contributed by atoms with E-state index < -0.39 is 15.9 Å². The maximum absolute atomic E-state index is 12.1. The van der Waals surface area contributed by atoms with Crippen LogP contribution in [-0.2, 0) is 9.84 Å². The van der Waals surface area contributed by atoms with E-state index in [1.807, 2.05) is 0 Å². The molecule has 2 rings (SSSR count). The molecule has 1 aromatic carbocycles. The third kappa shape index (κ3) is 7.58. The molecule has 0 bridgehead atoms. The van der Waals surface area contributed by atoms with Crippen molar-refractivity contribution >= 4 is 56.5 Å². The zero-order valence-electron chi connectivity index (χ0n) is 14.7. The molecule has 27 heavy (non-hydrogen) atoms. The SMILES string of the molecule is Cc1cc(NCCCS(C)(=O)=O)nc(NC(=O)Nc2ccc(Cl)c(Cl)c2)n1. The molecule has 0 saturated heterocycles. The first-order valence-electron chi connectivity index (χ1n) is 7.93.